The van der Waals surface area contributed by atoms with Crippen molar-refractivity contribution < 1.29 is 14.3 Å². The fourth-order valence-electron chi connectivity index (χ4n) is 2.79. The number of methoxy groups -OCH3 is 1. The van der Waals surface area contributed by atoms with Gasteiger partial charge in [-0.2, -0.15) is 4.98 Å². The quantitative estimate of drug-likeness (QED) is 0.754. The van der Waals surface area contributed by atoms with Crippen LogP contribution in [0.5, 0.6) is 11.6 Å². The summed E-state index contributed by atoms with van der Waals surface area (Å²) in [4.78, 5) is 25.1. The highest BCUT2D eigenvalue weighted by Gasteiger charge is 2.27. The Morgan fingerprint density at radius 2 is 1.93 bits per heavy atom. The van der Waals surface area contributed by atoms with E-state index in [9.17, 15) is 4.79 Å². The molecular formula is C18H20Cl2N4O3. The zero-order valence-corrected chi connectivity index (χ0v) is 16.6. The minimum Gasteiger partial charge on any atom is -0.481 e. The first-order valence-electron chi connectivity index (χ1n) is 8.50. The molecule has 0 radical (unpaired) electrons. The van der Waals surface area contributed by atoms with Gasteiger partial charge >= 0.3 is 0 Å². The van der Waals surface area contributed by atoms with Crippen molar-refractivity contribution >= 4 is 35.1 Å². The van der Waals surface area contributed by atoms with Crippen LogP contribution in [0.3, 0.4) is 0 Å². The van der Waals surface area contributed by atoms with Crippen molar-refractivity contribution in [2.24, 2.45) is 0 Å². The number of anilines is 1. The third-order valence-electron chi connectivity index (χ3n) is 4.25. The number of carbonyl (C=O) groups is 1. The summed E-state index contributed by atoms with van der Waals surface area (Å²) in [7, 11) is 1.57. The number of piperazine rings is 1. The van der Waals surface area contributed by atoms with Gasteiger partial charge in [0.15, 0.2) is 6.10 Å². The molecule has 1 amide bonds. The largest absolute Gasteiger partial charge is 0.481 e. The van der Waals surface area contributed by atoms with Crippen LogP contribution in [0.15, 0.2) is 30.5 Å². The molecule has 1 aromatic carbocycles. The van der Waals surface area contributed by atoms with Crippen molar-refractivity contribution in [2.45, 2.75) is 13.0 Å². The number of benzene rings is 1. The highest BCUT2D eigenvalue weighted by molar-refractivity contribution is 6.35. The Kier molecular flexibility index (Phi) is 6.23. The maximum atomic E-state index is 12.7. The monoisotopic (exact) mass is 410 g/mol. The molecule has 144 valence electrons. The van der Waals surface area contributed by atoms with E-state index in [1.807, 2.05) is 4.90 Å². The number of carbonyl (C=O) groups excluding carboxylic acids is 1. The molecule has 1 atom stereocenters. The zero-order valence-electron chi connectivity index (χ0n) is 15.1. The molecule has 0 N–H and O–H groups in total. The molecule has 7 nitrogen and oxygen atoms in total. The Morgan fingerprint density at radius 3 is 2.59 bits per heavy atom. The molecule has 2 heterocycles. The lowest BCUT2D eigenvalue weighted by molar-refractivity contribution is -0.138. The highest BCUT2D eigenvalue weighted by atomic mass is 35.5. The van der Waals surface area contributed by atoms with Crippen LogP contribution >= 0.6 is 23.2 Å². The van der Waals surface area contributed by atoms with Crippen molar-refractivity contribution in [3.8, 4) is 11.6 Å². The molecule has 1 unspecified atom stereocenters. The third-order valence-corrected chi connectivity index (χ3v) is 4.78. The summed E-state index contributed by atoms with van der Waals surface area (Å²) in [6.07, 6.45) is 1.01. The molecule has 2 aromatic rings. The molecule has 0 aliphatic carbocycles. The van der Waals surface area contributed by atoms with Gasteiger partial charge in [0.2, 0.25) is 11.8 Å². The summed E-state index contributed by atoms with van der Waals surface area (Å²) < 4.78 is 10.9. The van der Waals surface area contributed by atoms with Crippen LogP contribution in [0, 0.1) is 0 Å². The lowest BCUT2D eigenvalue weighted by Crippen LogP contribution is -2.52. The van der Waals surface area contributed by atoms with E-state index in [4.69, 9.17) is 32.7 Å². The van der Waals surface area contributed by atoms with E-state index in [-0.39, 0.29) is 5.91 Å². The van der Waals surface area contributed by atoms with Crippen molar-refractivity contribution in [2.75, 3.05) is 38.2 Å². The van der Waals surface area contributed by atoms with Gasteiger partial charge in [-0.05, 0) is 25.1 Å². The first-order valence-corrected chi connectivity index (χ1v) is 9.26. The number of hydrogen-bond donors (Lipinski definition) is 0. The van der Waals surface area contributed by atoms with Gasteiger partial charge in [0.25, 0.3) is 5.91 Å². The normalized spacial score (nSPS) is 15.4. The molecule has 27 heavy (non-hydrogen) atoms. The van der Waals surface area contributed by atoms with Gasteiger partial charge in [-0.1, -0.05) is 23.2 Å². The summed E-state index contributed by atoms with van der Waals surface area (Å²) in [5.74, 6) is 1.46. The van der Waals surface area contributed by atoms with Crippen molar-refractivity contribution in [3.63, 3.8) is 0 Å². The maximum absolute atomic E-state index is 12.7. The van der Waals surface area contributed by atoms with E-state index < -0.39 is 6.10 Å². The number of rotatable bonds is 5. The fourth-order valence-corrected chi connectivity index (χ4v) is 3.25. The smallest absolute Gasteiger partial charge is 0.263 e. The lowest BCUT2D eigenvalue weighted by Gasteiger charge is -2.35. The number of aromatic nitrogens is 2. The Labute approximate surface area is 167 Å². The van der Waals surface area contributed by atoms with Crippen LogP contribution in [-0.4, -0.2) is 60.2 Å². The van der Waals surface area contributed by atoms with Crippen LogP contribution in [0.2, 0.25) is 10.0 Å². The summed E-state index contributed by atoms with van der Waals surface area (Å²) in [6.45, 7) is 4.09. The number of hydrogen-bond acceptors (Lipinski definition) is 6. The predicted octanol–water partition coefficient (Wildman–Crippen LogP) is 2.91. The molecule has 0 spiro atoms. The van der Waals surface area contributed by atoms with Crippen LogP contribution in [-0.2, 0) is 4.79 Å². The fraction of sp³-hybridized carbons (Fsp3) is 0.389. The van der Waals surface area contributed by atoms with E-state index in [1.54, 1.807) is 49.4 Å². The number of halogens is 2. The SMILES string of the molecule is COc1ccnc(N2CCN(C(=O)C(C)Oc3ccc(Cl)cc3Cl)CC2)n1. The molecule has 9 heteroatoms. The van der Waals surface area contributed by atoms with Crippen molar-refractivity contribution in [1.29, 1.82) is 0 Å². The first kappa shape index (κ1) is 19.5. The van der Waals surface area contributed by atoms with E-state index in [0.717, 1.165) is 0 Å². The summed E-state index contributed by atoms with van der Waals surface area (Å²) in [6, 6.07) is 6.62. The molecular weight excluding hydrogens is 391 g/mol. The van der Waals surface area contributed by atoms with E-state index >= 15 is 0 Å². The third kappa shape index (κ3) is 4.73. The second-order valence-electron chi connectivity index (χ2n) is 6.05. The lowest BCUT2D eigenvalue weighted by atomic mass is 10.2. The van der Waals surface area contributed by atoms with Crippen LogP contribution in [0.1, 0.15) is 6.92 Å². The van der Waals surface area contributed by atoms with Gasteiger partial charge in [-0.25, -0.2) is 4.98 Å². The minimum absolute atomic E-state index is 0.0905. The Hall–Kier alpha value is -2.25. The maximum Gasteiger partial charge on any atom is 0.263 e. The predicted molar refractivity (Wildman–Crippen MR) is 104 cm³/mol. The second-order valence-corrected chi connectivity index (χ2v) is 6.89. The highest BCUT2D eigenvalue weighted by Crippen LogP contribution is 2.28. The Bertz CT molecular complexity index is 813. The minimum atomic E-state index is -0.650. The standard InChI is InChI=1S/C18H20Cl2N4O3/c1-12(27-15-4-3-13(19)11-14(15)20)17(25)23-7-9-24(10-8-23)18-21-6-5-16(22-18)26-2/h3-6,11-12H,7-10H2,1-2H3. The molecule has 3 rings (SSSR count). The number of amides is 1. The van der Waals surface area contributed by atoms with Crippen LogP contribution in [0.4, 0.5) is 5.95 Å². The molecule has 1 aliphatic rings. The number of nitrogens with zero attached hydrogens (tertiary/aromatic N) is 4. The van der Waals surface area contributed by atoms with E-state index in [2.05, 4.69) is 9.97 Å². The average Bonchev–Trinajstić information content (AvgIpc) is 2.69. The van der Waals surface area contributed by atoms with Gasteiger partial charge in [-0.3, -0.25) is 4.79 Å². The molecule has 1 aromatic heterocycles. The van der Waals surface area contributed by atoms with Crippen molar-refractivity contribution in [3.05, 3.63) is 40.5 Å². The molecule has 0 bridgehead atoms. The summed E-state index contributed by atoms with van der Waals surface area (Å²) >= 11 is 12.0. The van der Waals surface area contributed by atoms with E-state index in [0.29, 0.717) is 53.8 Å². The molecule has 1 fully saturated rings. The van der Waals surface area contributed by atoms with Crippen LogP contribution < -0.4 is 14.4 Å². The van der Waals surface area contributed by atoms with Gasteiger partial charge in [-0.15, -0.1) is 0 Å². The van der Waals surface area contributed by atoms with Gasteiger partial charge < -0.3 is 19.3 Å². The molecule has 1 aliphatic heterocycles. The average molecular weight is 411 g/mol. The topological polar surface area (TPSA) is 67.8 Å². The van der Waals surface area contributed by atoms with E-state index in [1.165, 1.54) is 0 Å². The van der Waals surface area contributed by atoms with Crippen LogP contribution in [0.25, 0.3) is 0 Å². The summed E-state index contributed by atoms with van der Waals surface area (Å²) in [5.41, 5.74) is 0. The van der Waals surface area contributed by atoms with Gasteiger partial charge in [0.1, 0.15) is 5.75 Å². The number of ether oxygens (including phenoxy) is 2. The van der Waals surface area contributed by atoms with Crippen molar-refractivity contribution in [1.82, 2.24) is 14.9 Å². The molecule has 1 saturated heterocycles. The van der Waals surface area contributed by atoms with Gasteiger partial charge in [0.05, 0.1) is 12.1 Å². The van der Waals surface area contributed by atoms with Gasteiger partial charge in [0, 0.05) is 43.5 Å². The molecule has 0 saturated carbocycles. The Balaban J connectivity index is 1.57. The second kappa shape index (κ2) is 8.63. The summed E-state index contributed by atoms with van der Waals surface area (Å²) in [5, 5.41) is 0.893. The first-order chi connectivity index (χ1) is 13.0. The Morgan fingerprint density at radius 1 is 1.19 bits per heavy atom. The zero-order chi connectivity index (χ0) is 19.4.